The SMILES string of the molecule is O=Cc1cccc(S[At])c1. The van der Waals surface area contributed by atoms with Crippen molar-refractivity contribution in [2.24, 2.45) is 0 Å². The van der Waals surface area contributed by atoms with Crippen LogP contribution in [0.5, 0.6) is 0 Å². The van der Waals surface area contributed by atoms with Crippen molar-refractivity contribution in [2.45, 2.75) is 4.90 Å². The number of rotatable bonds is 2. The van der Waals surface area contributed by atoms with Crippen LogP contribution in [0.3, 0.4) is 0 Å². The Labute approximate surface area is 77.3 Å². The fraction of sp³-hybridized carbons (Fsp3) is 0. The molecular weight excluding hydrogens is 342 g/mol. The molecule has 52 valence electrons. The van der Waals surface area contributed by atoms with Gasteiger partial charge in [0.05, 0.1) is 0 Å². The Morgan fingerprint density at radius 1 is 1.50 bits per heavy atom. The van der Waals surface area contributed by atoms with E-state index in [1.807, 2.05) is 18.2 Å². The molecule has 0 aliphatic heterocycles. The topological polar surface area (TPSA) is 17.1 Å². The number of aldehydes is 1. The van der Waals surface area contributed by atoms with Crippen molar-refractivity contribution in [3.05, 3.63) is 29.8 Å². The molecule has 0 aromatic heterocycles. The van der Waals surface area contributed by atoms with Gasteiger partial charge in [0.15, 0.2) is 0 Å². The summed E-state index contributed by atoms with van der Waals surface area (Å²) in [7, 11) is 1.69. The number of carbonyl (C=O) groups excluding carboxylic acids is 1. The minimum absolute atomic E-state index is 0.751. The second-order valence-electron chi connectivity index (χ2n) is 1.77. The van der Waals surface area contributed by atoms with Crippen LogP contribution in [0.4, 0.5) is 0 Å². The van der Waals surface area contributed by atoms with Gasteiger partial charge in [0.1, 0.15) is 0 Å². The van der Waals surface area contributed by atoms with Gasteiger partial charge in [-0.05, 0) is 0 Å². The summed E-state index contributed by atoms with van der Waals surface area (Å²) < 4.78 is 0. The molecular formula is C7H5AtOS. The molecule has 10 heavy (non-hydrogen) atoms. The van der Waals surface area contributed by atoms with Crippen molar-refractivity contribution < 1.29 is 28.0 Å². The van der Waals surface area contributed by atoms with E-state index in [0.717, 1.165) is 16.7 Å². The number of hydrogen-bond donors (Lipinski definition) is 0. The third-order valence-corrected chi connectivity index (χ3v) is 3.59. The van der Waals surface area contributed by atoms with Gasteiger partial charge in [0, 0.05) is 0 Å². The van der Waals surface area contributed by atoms with Crippen molar-refractivity contribution in [1.29, 1.82) is 0 Å². The molecule has 0 saturated carbocycles. The summed E-state index contributed by atoms with van der Waals surface area (Å²) >= 11 is 1.63. The second-order valence-corrected chi connectivity index (χ2v) is 4.19. The number of benzene rings is 1. The Bertz CT molecular complexity index is 237. The first-order chi connectivity index (χ1) is 4.86. The third kappa shape index (κ3) is 2.07. The molecule has 0 amide bonds. The van der Waals surface area contributed by atoms with E-state index >= 15 is 0 Å². The molecule has 0 heterocycles. The van der Waals surface area contributed by atoms with Crippen LogP contribution in [0, 0.1) is 23.3 Å². The van der Waals surface area contributed by atoms with Crippen LogP contribution in [0.15, 0.2) is 29.2 Å². The molecule has 0 bridgehead atoms. The first kappa shape index (κ1) is 8.22. The van der Waals surface area contributed by atoms with E-state index in [-0.39, 0.29) is 0 Å². The average Bonchev–Trinajstić information content (AvgIpc) is 2.05. The third-order valence-electron chi connectivity index (χ3n) is 1.08. The van der Waals surface area contributed by atoms with Crippen LogP contribution in [-0.2, 0) is 0 Å². The molecule has 1 rings (SSSR count). The van der Waals surface area contributed by atoms with Crippen molar-refractivity contribution in [2.75, 3.05) is 0 Å². The van der Waals surface area contributed by atoms with E-state index in [0.29, 0.717) is 0 Å². The van der Waals surface area contributed by atoms with Gasteiger partial charge >= 0.3 is 77.6 Å². The molecule has 0 aliphatic carbocycles. The first-order valence-electron chi connectivity index (χ1n) is 2.70. The van der Waals surface area contributed by atoms with Crippen LogP contribution in [0.1, 0.15) is 10.4 Å². The molecule has 0 N–H and O–H groups in total. The summed E-state index contributed by atoms with van der Waals surface area (Å²) in [4.78, 5) is 11.4. The van der Waals surface area contributed by atoms with Gasteiger partial charge in [0.2, 0.25) is 0 Å². The summed E-state index contributed by atoms with van der Waals surface area (Å²) in [6.45, 7) is 0. The summed E-state index contributed by atoms with van der Waals surface area (Å²) in [6.07, 6.45) is 0.867. The number of carbonyl (C=O) groups is 1. The van der Waals surface area contributed by atoms with Crippen molar-refractivity contribution in [3.8, 4) is 0 Å². The zero-order valence-corrected chi connectivity index (χ0v) is 8.84. The van der Waals surface area contributed by atoms with Crippen LogP contribution < -0.4 is 0 Å². The zero-order valence-electron chi connectivity index (χ0n) is 5.08. The molecule has 3 heteroatoms. The Hall–Kier alpha value is 0.123. The molecule has 0 atom stereocenters. The van der Waals surface area contributed by atoms with E-state index in [4.69, 9.17) is 0 Å². The predicted octanol–water partition coefficient (Wildman–Crippen LogP) is 2.06. The fourth-order valence-corrected chi connectivity index (χ4v) is 2.07. The Balaban J connectivity index is 2.98. The summed E-state index contributed by atoms with van der Waals surface area (Å²) in [5.41, 5.74) is 0.751. The molecule has 0 spiro atoms. The average molecular weight is 347 g/mol. The fourth-order valence-electron chi connectivity index (χ4n) is 0.636. The maximum absolute atomic E-state index is 10.3. The molecule has 1 aromatic rings. The van der Waals surface area contributed by atoms with E-state index in [1.54, 1.807) is 37.8 Å². The zero-order chi connectivity index (χ0) is 7.40. The van der Waals surface area contributed by atoms with Crippen LogP contribution in [-0.4, -0.2) is 6.29 Å². The van der Waals surface area contributed by atoms with E-state index < -0.39 is 0 Å². The quantitative estimate of drug-likeness (QED) is 0.762. The van der Waals surface area contributed by atoms with E-state index in [9.17, 15) is 4.79 Å². The van der Waals surface area contributed by atoms with Gasteiger partial charge < -0.3 is 0 Å². The van der Waals surface area contributed by atoms with Crippen molar-refractivity contribution in [3.63, 3.8) is 0 Å². The summed E-state index contributed by atoms with van der Waals surface area (Å²) in [5.74, 6) is 0. The summed E-state index contributed by atoms with van der Waals surface area (Å²) in [6, 6.07) is 7.58. The standard InChI is InChI=1S/C7H5AtOS/c8-10-7-3-1-2-6(4-7)5-9/h1-5H. The van der Waals surface area contributed by atoms with E-state index in [1.165, 1.54) is 0 Å². The molecule has 0 fully saturated rings. The van der Waals surface area contributed by atoms with Gasteiger partial charge in [-0.2, -0.15) is 0 Å². The van der Waals surface area contributed by atoms with Gasteiger partial charge in [-0.3, -0.25) is 0 Å². The van der Waals surface area contributed by atoms with E-state index in [2.05, 4.69) is 0 Å². The molecule has 0 radical (unpaired) electrons. The van der Waals surface area contributed by atoms with Gasteiger partial charge in [-0.1, -0.05) is 0 Å². The van der Waals surface area contributed by atoms with Gasteiger partial charge in [-0.15, -0.1) is 0 Å². The normalized spacial score (nSPS) is 9.30. The number of hydrogen-bond acceptors (Lipinski definition) is 2. The van der Waals surface area contributed by atoms with Crippen LogP contribution in [0.2, 0.25) is 0 Å². The monoisotopic (exact) mass is 347 g/mol. The maximum atomic E-state index is 10.3. The Morgan fingerprint density at radius 2 is 2.30 bits per heavy atom. The first-order valence-corrected chi connectivity index (χ1v) is 7.02. The summed E-state index contributed by atoms with van der Waals surface area (Å²) in [5, 5.41) is 0. The van der Waals surface area contributed by atoms with Crippen LogP contribution >= 0.6 is 8.52 Å². The van der Waals surface area contributed by atoms with Crippen LogP contribution in [0.25, 0.3) is 0 Å². The molecule has 1 nitrogen and oxygen atoms in total. The Kier molecular flexibility index (Phi) is 3.37. The van der Waals surface area contributed by atoms with Gasteiger partial charge in [-0.25, -0.2) is 0 Å². The predicted molar refractivity (Wildman–Crippen MR) is 37.7 cm³/mol. The molecule has 0 unspecified atom stereocenters. The van der Waals surface area contributed by atoms with Gasteiger partial charge in [0.25, 0.3) is 0 Å². The van der Waals surface area contributed by atoms with Crippen molar-refractivity contribution >= 4 is 14.8 Å². The molecule has 1 aromatic carbocycles. The second kappa shape index (κ2) is 4.10. The minimum atomic E-state index is 0.751. The Morgan fingerprint density at radius 3 is 2.90 bits per heavy atom. The van der Waals surface area contributed by atoms with Crippen molar-refractivity contribution in [1.82, 2.24) is 0 Å². The molecule has 0 aliphatic rings. The molecule has 0 saturated heterocycles.